The number of halogens is 3. The number of fused-ring (bicyclic) bond motifs is 1. The van der Waals surface area contributed by atoms with Crippen molar-refractivity contribution >= 4 is 46.0 Å². The van der Waals surface area contributed by atoms with Gasteiger partial charge in [-0.25, -0.2) is 4.39 Å². The van der Waals surface area contributed by atoms with Crippen molar-refractivity contribution in [2.24, 2.45) is 5.10 Å². The van der Waals surface area contributed by atoms with Crippen LogP contribution in [0.3, 0.4) is 0 Å². The van der Waals surface area contributed by atoms with E-state index in [1.54, 1.807) is 36.5 Å². The number of para-hydroxylation sites is 1. The van der Waals surface area contributed by atoms with E-state index in [9.17, 15) is 4.39 Å². The second-order valence-electron chi connectivity index (χ2n) is 5.97. The molecule has 27 heavy (non-hydrogen) atoms. The van der Waals surface area contributed by atoms with Gasteiger partial charge in [0, 0.05) is 16.5 Å². The SMILES string of the molecule is Fc1ccc(-c2[nH]c3ccccc3c2/C=N/Nc2ccc(Cl)c(Cl)c2)cc1. The van der Waals surface area contributed by atoms with Gasteiger partial charge in [0.25, 0.3) is 0 Å². The van der Waals surface area contributed by atoms with Gasteiger partial charge in [0.05, 0.1) is 27.6 Å². The number of nitrogens with one attached hydrogen (secondary N) is 2. The summed E-state index contributed by atoms with van der Waals surface area (Å²) >= 11 is 12.0. The van der Waals surface area contributed by atoms with Crippen molar-refractivity contribution in [2.45, 2.75) is 0 Å². The lowest BCUT2D eigenvalue weighted by atomic mass is 10.1. The summed E-state index contributed by atoms with van der Waals surface area (Å²) in [6, 6.07) is 19.5. The summed E-state index contributed by atoms with van der Waals surface area (Å²) in [5.41, 5.74) is 7.32. The summed E-state index contributed by atoms with van der Waals surface area (Å²) in [7, 11) is 0. The summed E-state index contributed by atoms with van der Waals surface area (Å²) < 4.78 is 13.3. The molecule has 0 saturated heterocycles. The maximum atomic E-state index is 13.3. The summed E-state index contributed by atoms with van der Waals surface area (Å²) in [4.78, 5) is 3.39. The summed E-state index contributed by atoms with van der Waals surface area (Å²) in [6.45, 7) is 0. The fourth-order valence-corrected chi connectivity index (χ4v) is 3.18. The standard InChI is InChI=1S/C21H14Cl2FN3/c22-18-10-9-15(11-19(18)23)27-25-12-17-16-3-1-2-4-20(16)26-21(17)13-5-7-14(24)8-6-13/h1-12,26-27H/b25-12+. The van der Waals surface area contributed by atoms with E-state index >= 15 is 0 Å². The first-order chi connectivity index (χ1) is 13.1. The molecule has 0 aliphatic heterocycles. The molecule has 1 aromatic heterocycles. The summed E-state index contributed by atoms with van der Waals surface area (Å²) in [6.07, 6.45) is 1.74. The van der Waals surface area contributed by atoms with Crippen molar-refractivity contribution in [1.29, 1.82) is 0 Å². The van der Waals surface area contributed by atoms with Gasteiger partial charge in [0.15, 0.2) is 0 Å². The molecule has 4 aromatic rings. The number of hydrogen-bond acceptors (Lipinski definition) is 2. The number of rotatable bonds is 4. The Morgan fingerprint density at radius 2 is 1.70 bits per heavy atom. The third kappa shape index (κ3) is 3.68. The molecule has 3 aromatic carbocycles. The van der Waals surface area contributed by atoms with Gasteiger partial charge in [-0.15, -0.1) is 0 Å². The second kappa shape index (κ2) is 7.43. The van der Waals surface area contributed by atoms with Gasteiger partial charge >= 0.3 is 0 Å². The third-order valence-corrected chi connectivity index (χ3v) is 4.93. The molecule has 1 heterocycles. The number of benzene rings is 3. The van der Waals surface area contributed by atoms with Crippen LogP contribution in [0.2, 0.25) is 10.0 Å². The first-order valence-corrected chi connectivity index (χ1v) is 8.98. The van der Waals surface area contributed by atoms with Crippen LogP contribution in [-0.2, 0) is 0 Å². The van der Waals surface area contributed by atoms with Crippen LogP contribution in [0.1, 0.15) is 5.56 Å². The average Bonchev–Trinajstić information content (AvgIpc) is 3.04. The van der Waals surface area contributed by atoms with E-state index in [0.29, 0.717) is 10.0 Å². The summed E-state index contributed by atoms with van der Waals surface area (Å²) in [5, 5.41) is 6.30. The van der Waals surface area contributed by atoms with Crippen molar-refractivity contribution < 1.29 is 4.39 Å². The van der Waals surface area contributed by atoms with E-state index in [1.807, 2.05) is 24.3 Å². The highest BCUT2D eigenvalue weighted by molar-refractivity contribution is 6.42. The molecule has 6 heteroatoms. The molecule has 0 amide bonds. The molecule has 134 valence electrons. The van der Waals surface area contributed by atoms with Crippen LogP contribution >= 0.6 is 23.2 Å². The molecule has 3 nitrogen and oxygen atoms in total. The molecular weight excluding hydrogens is 384 g/mol. The Hall–Kier alpha value is -2.82. The van der Waals surface area contributed by atoms with Gasteiger partial charge in [0.2, 0.25) is 0 Å². The number of aromatic nitrogens is 1. The lowest BCUT2D eigenvalue weighted by Gasteiger charge is -2.03. The van der Waals surface area contributed by atoms with Gasteiger partial charge < -0.3 is 4.98 Å². The lowest BCUT2D eigenvalue weighted by molar-refractivity contribution is 0.628. The number of aromatic amines is 1. The van der Waals surface area contributed by atoms with Gasteiger partial charge in [-0.3, -0.25) is 5.43 Å². The first kappa shape index (κ1) is 17.6. The highest BCUT2D eigenvalue weighted by Gasteiger charge is 2.11. The minimum atomic E-state index is -0.272. The Morgan fingerprint density at radius 3 is 2.48 bits per heavy atom. The topological polar surface area (TPSA) is 40.2 Å². The average molecular weight is 398 g/mol. The smallest absolute Gasteiger partial charge is 0.123 e. The van der Waals surface area contributed by atoms with Crippen LogP contribution in [0.15, 0.2) is 71.8 Å². The second-order valence-corrected chi connectivity index (χ2v) is 6.78. The Bertz CT molecular complexity index is 1130. The number of hydrazone groups is 1. The minimum Gasteiger partial charge on any atom is -0.354 e. The quantitative estimate of drug-likeness (QED) is 0.291. The van der Waals surface area contributed by atoms with E-state index in [-0.39, 0.29) is 5.82 Å². The lowest BCUT2D eigenvalue weighted by Crippen LogP contribution is -1.92. The number of hydrogen-bond donors (Lipinski definition) is 2. The van der Waals surface area contributed by atoms with Crippen LogP contribution in [0.4, 0.5) is 10.1 Å². The van der Waals surface area contributed by atoms with Crippen LogP contribution < -0.4 is 5.43 Å². The molecule has 0 atom stereocenters. The van der Waals surface area contributed by atoms with E-state index in [1.165, 1.54) is 12.1 Å². The first-order valence-electron chi connectivity index (χ1n) is 8.22. The highest BCUT2D eigenvalue weighted by Crippen LogP contribution is 2.29. The number of H-pyrrole nitrogens is 1. The third-order valence-electron chi connectivity index (χ3n) is 4.19. The molecule has 0 aliphatic carbocycles. The molecule has 0 aliphatic rings. The van der Waals surface area contributed by atoms with Gasteiger partial charge in [-0.2, -0.15) is 5.10 Å². The molecule has 0 radical (unpaired) electrons. The highest BCUT2D eigenvalue weighted by atomic mass is 35.5. The van der Waals surface area contributed by atoms with E-state index in [4.69, 9.17) is 23.2 Å². The monoisotopic (exact) mass is 397 g/mol. The Kier molecular flexibility index (Phi) is 4.84. The van der Waals surface area contributed by atoms with Crippen LogP contribution in [0.25, 0.3) is 22.2 Å². The molecule has 0 spiro atoms. The normalized spacial score (nSPS) is 11.4. The van der Waals surface area contributed by atoms with Crippen LogP contribution in [0.5, 0.6) is 0 Å². The van der Waals surface area contributed by atoms with Crippen LogP contribution in [-0.4, -0.2) is 11.2 Å². The van der Waals surface area contributed by atoms with Crippen molar-refractivity contribution in [1.82, 2.24) is 4.98 Å². The molecule has 4 rings (SSSR count). The van der Waals surface area contributed by atoms with Gasteiger partial charge in [-0.05, 0) is 54.1 Å². The van der Waals surface area contributed by atoms with Crippen molar-refractivity contribution in [3.05, 3.63) is 88.2 Å². The van der Waals surface area contributed by atoms with Gasteiger partial charge in [0.1, 0.15) is 5.82 Å². The molecule has 0 bridgehead atoms. The number of nitrogens with zero attached hydrogens (tertiary/aromatic N) is 1. The molecule has 0 unspecified atom stereocenters. The fourth-order valence-electron chi connectivity index (χ4n) is 2.88. The van der Waals surface area contributed by atoms with Crippen molar-refractivity contribution in [3.63, 3.8) is 0 Å². The van der Waals surface area contributed by atoms with Crippen molar-refractivity contribution in [3.8, 4) is 11.3 Å². The maximum absolute atomic E-state index is 13.3. The Labute approximate surface area is 165 Å². The largest absolute Gasteiger partial charge is 0.354 e. The predicted molar refractivity (Wildman–Crippen MR) is 111 cm³/mol. The molecular formula is C21H14Cl2FN3. The molecule has 0 fully saturated rings. The van der Waals surface area contributed by atoms with Crippen LogP contribution in [0, 0.1) is 5.82 Å². The zero-order chi connectivity index (χ0) is 18.8. The Morgan fingerprint density at radius 1 is 0.926 bits per heavy atom. The van der Waals surface area contributed by atoms with Crippen molar-refractivity contribution in [2.75, 3.05) is 5.43 Å². The fraction of sp³-hybridized carbons (Fsp3) is 0. The molecule has 0 saturated carbocycles. The van der Waals surface area contributed by atoms with E-state index < -0.39 is 0 Å². The zero-order valence-electron chi connectivity index (χ0n) is 14.0. The maximum Gasteiger partial charge on any atom is 0.123 e. The molecule has 2 N–H and O–H groups in total. The predicted octanol–water partition coefficient (Wildman–Crippen LogP) is 6.73. The van der Waals surface area contributed by atoms with Gasteiger partial charge in [-0.1, -0.05) is 41.4 Å². The van der Waals surface area contributed by atoms with E-state index in [0.717, 1.165) is 33.4 Å². The Balaban J connectivity index is 1.72. The minimum absolute atomic E-state index is 0.272. The zero-order valence-corrected chi connectivity index (χ0v) is 15.5. The number of anilines is 1. The van der Waals surface area contributed by atoms with E-state index in [2.05, 4.69) is 15.5 Å². The summed E-state index contributed by atoms with van der Waals surface area (Å²) in [5.74, 6) is -0.272.